The molecule has 208 valence electrons. The summed E-state index contributed by atoms with van der Waals surface area (Å²) in [6.45, 7) is 2.08. The average Bonchev–Trinajstić information content (AvgIpc) is 3.25. The number of phenolic OH excluding ortho intramolecular Hbond substituents is 1. The molecular weight excluding hydrogens is 565 g/mol. The second-order valence-corrected chi connectivity index (χ2v) is 12.0. The van der Waals surface area contributed by atoms with Crippen molar-refractivity contribution < 1.29 is 33.1 Å². The van der Waals surface area contributed by atoms with Crippen molar-refractivity contribution >= 4 is 52.5 Å². The van der Waals surface area contributed by atoms with Crippen molar-refractivity contribution in [1.29, 1.82) is 0 Å². The van der Waals surface area contributed by atoms with Gasteiger partial charge in [-0.15, -0.1) is 23.2 Å². The van der Waals surface area contributed by atoms with Gasteiger partial charge in [0.2, 0.25) is 11.8 Å². The Balaban J connectivity index is 1.57. The average molecular weight is 589 g/mol. The van der Waals surface area contributed by atoms with Crippen LogP contribution in [0.25, 0.3) is 0 Å². The van der Waals surface area contributed by atoms with E-state index in [1.165, 1.54) is 29.2 Å². The predicted octanol–water partition coefficient (Wildman–Crippen LogP) is 4.64. The predicted molar refractivity (Wildman–Crippen MR) is 142 cm³/mol. The zero-order chi connectivity index (χ0) is 28.7. The summed E-state index contributed by atoms with van der Waals surface area (Å²) in [5.41, 5.74) is 0.401. The number of carbonyl (C=O) groups excluding carboxylic acids is 4. The monoisotopic (exact) mass is 588 g/mol. The highest BCUT2D eigenvalue weighted by molar-refractivity contribution is 6.58. The number of para-hydroxylation sites is 1. The molecule has 0 bridgehead atoms. The fourth-order valence-corrected chi connectivity index (χ4v) is 7.95. The topological polar surface area (TPSA) is 95.0 Å². The number of fused-ring (bicyclic) bond motifs is 4. The summed E-state index contributed by atoms with van der Waals surface area (Å²) in [5, 5.41) is 10.8. The Morgan fingerprint density at radius 3 is 2.35 bits per heavy atom. The second kappa shape index (κ2) is 9.11. The number of carbonyl (C=O) groups is 4. The number of anilines is 1. The third-order valence-corrected chi connectivity index (χ3v) is 10.2. The van der Waals surface area contributed by atoms with Crippen LogP contribution in [0, 0.1) is 29.4 Å². The fraction of sp³-hybridized carbons (Fsp3) is 0.379. The van der Waals surface area contributed by atoms with Gasteiger partial charge in [0.05, 0.1) is 17.5 Å². The molecule has 11 heteroatoms. The molecule has 7 nitrogen and oxygen atoms in total. The van der Waals surface area contributed by atoms with Gasteiger partial charge in [-0.05, 0) is 55.5 Å². The van der Waals surface area contributed by atoms with Gasteiger partial charge in [0.1, 0.15) is 5.82 Å². The molecule has 3 fully saturated rings. The molecule has 4 aliphatic rings. The van der Waals surface area contributed by atoms with E-state index in [0.717, 1.165) is 23.1 Å². The maximum atomic E-state index is 14.7. The minimum Gasteiger partial charge on any atom is -0.505 e. The number of nitrogens with zero attached hydrogens (tertiary/aromatic N) is 2. The van der Waals surface area contributed by atoms with Crippen LogP contribution >= 0.6 is 23.2 Å². The number of alkyl halides is 2. The highest BCUT2D eigenvalue weighted by Crippen LogP contribution is 2.66. The number of phenols is 1. The van der Waals surface area contributed by atoms with Crippen molar-refractivity contribution in [2.45, 2.75) is 41.9 Å². The molecule has 4 amide bonds. The van der Waals surface area contributed by atoms with Crippen LogP contribution in [0.15, 0.2) is 54.1 Å². The van der Waals surface area contributed by atoms with Crippen molar-refractivity contribution in [3.63, 3.8) is 0 Å². The smallest absolute Gasteiger partial charge is 0.258 e. The van der Waals surface area contributed by atoms with Crippen molar-refractivity contribution in [2.24, 2.45) is 17.8 Å². The van der Waals surface area contributed by atoms with Crippen LogP contribution in [0.2, 0.25) is 0 Å². The largest absolute Gasteiger partial charge is 0.505 e. The second-order valence-electron chi connectivity index (χ2n) is 10.8. The quantitative estimate of drug-likeness (QED) is 0.319. The van der Waals surface area contributed by atoms with Crippen molar-refractivity contribution in [1.82, 2.24) is 4.90 Å². The first-order valence-corrected chi connectivity index (χ1v) is 13.8. The molecule has 2 aromatic rings. The zero-order valence-electron chi connectivity index (χ0n) is 21.2. The Labute approximate surface area is 238 Å². The van der Waals surface area contributed by atoms with Gasteiger partial charge in [-0.25, -0.2) is 13.7 Å². The number of imide groups is 2. The van der Waals surface area contributed by atoms with Crippen molar-refractivity contribution in [2.75, 3.05) is 11.4 Å². The number of rotatable bonds is 4. The standard InChI is InChI=1S/C29H24Cl2F2N2O5/c1-2-12-34-24(37)17-11-10-16-19(21(17)25(34)38)13-28(30)26(39)35(15-8-6-14(32)7-9-15)27(40)29(28,31)22(16)18-4-3-5-20(33)23(18)36/h3-10,17,19,21-22,36H,2,11-13H2,1H3. The molecule has 0 radical (unpaired) electrons. The Morgan fingerprint density at radius 2 is 1.68 bits per heavy atom. The molecule has 2 aliphatic heterocycles. The summed E-state index contributed by atoms with van der Waals surface area (Å²) in [5.74, 6) is -8.50. The highest BCUT2D eigenvalue weighted by Gasteiger charge is 2.76. The molecule has 40 heavy (non-hydrogen) atoms. The summed E-state index contributed by atoms with van der Waals surface area (Å²) < 4.78 is 28.4. The molecule has 0 aromatic heterocycles. The van der Waals surface area contributed by atoms with Crippen LogP contribution in [0.1, 0.15) is 37.7 Å². The molecule has 2 aromatic carbocycles. The Morgan fingerprint density at radius 1 is 0.975 bits per heavy atom. The van der Waals surface area contributed by atoms with E-state index in [4.69, 9.17) is 23.2 Å². The van der Waals surface area contributed by atoms with Crippen LogP contribution in [0.5, 0.6) is 5.75 Å². The van der Waals surface area contributed by atoms with Gasteiger partial charge in [-0.3, -0.25) is 24.1 Å². The van der Waals surface area contributed by atoms with E-state index in [9.17, 15) is 33.1 Å². The number of hydrogen-bond acceptors (Lipinski definition) is 5. The number of benzene rings is 2. The first-order valence-electron chi connectivity index (χ1n) is 13.0. The van der Waals surface area contributed by atoms with Gasteiger partial charge in [0.15, 0.2) is 21.3 Å². The number of aromatic hydroxyl groups is 1. The third kappa shape index (κ3) is 3.34. The first kappa shape index (κ1) is 26.9. The van der Waals surface area contributed by atoms with E-state index in [2.05, 4.69) is 0 Å². The highest BCUT2D eigenvalue weighted by atomic mass is 35.5. The van der Waals surface area contributed by atoms with Crippen LogP contribution in [-0.4, -0.2) is 49.9 Å². The van der Waals surface area contributed by atoms with Gasteiger partial charge in [-0.1, -0.05) is 30.7 Å². The molecule has 2 aliphatic carbocycles. The van der Waals surface area contributed by atoms with Gasteiger partial charge in [0.25, 0.3) is 11.8 Å². The minimum absolute atomic E-state index is 0.0316. The normalized spacial score (nSPS) is 33.2. The number of hydrogen-bond donors (Lipinski definition) is 1. The van der Waals surface area contributed by atoms with E-state index in [1.54, 1.807) is 6.08 Å². The summed E-state index contributed by atoms with van der Waals surface area (Å²) in [4.78, 5) is 52.6. The molecule has 6 atom stereocenters. The number of amides is 4. The van der Waals surface area contributed by atoms with Gasteiger partial charge in [-0.2, -0.15) is 0 Å². The third-order valence-electron chi connectivity index (χ3n) is 8.76. The van der Waals surface area contributed by atoms with E-state index in [0.29, 0.717) is 12.0 Å². The number of halogens is 4. The van der Waals surface area contributed by atoms with Crippen molar-refractivity contribution in [3.8, 4) is 5.75 Å². The molecule has 0 spiro atoms. The van der Waals surface area contributed by atoms with Crippen LogP contribution in [-0.2, 0) is 19.2 Å². The lowest BCUT2D eigenvalue weighted by Gasteiger charge is -2.50. The SMILES string of the molecule is CCCN1C(=O)C2CC=C3C(CC4(Cl)C(=O)N(c5ccc(F)cc5)C(=O)C4(Cl)C3c3cccc(F)c3O)C2C1=O. The Bertz CT molecular complexity index is 1510. The van der Waals surface area contributed by atoms with E-state index < -0.39 is 68.5 Å². The van der Waals surface area contributed by atoms with Gasteiger partial charge in [0, 0.05) is 18.0 Å². The number of allylic oxidation sites excluding steroid dienone is 2. The van der Waals surface area contributed by atoms with E-state index >= 15 is 0 Å². The van der Waals surface area contributed by atoms with Gasteiger partial charge >= 0.3 is 0 Å². The molecule has 2 saturated heterocycles. The van der Waals surface area contributed by atoms with Crippen molar-refractivity contribution in [3.05, 3.63) is 71.3 Å². The Hall–Kier alpha value is -3.30. The molecule has 6 rings (SSSR count). The maximum absolute atomic E-state index is 14.7. The summed E-state index contributed by atoms with van der Waals surface area (Å²) in [6.07, 6.45) is 2.19. The van der Waals surface area contributed by atoms with Gasteiger partial charge < -0.3 is 5.11 Å². The summed E-state index contributed by atoms with van der Waals surface area (Å²) in [7, 11) is 0. The summed E-state index contributed by atoms with van der Waals surface area (Å²) in [6, 6.07) is 8.39. The molecule has 6 unspecified atom stereocenters. The first-order chi connectivity index (χ1) is 19.0. The molecular formula is C29H24Cl2F2N2O5. The van der Waals surface area contributed by atoms with Crippen LogP contribution < -0.4 is 4.90 Å². The van der Waals surface area contributed by atoms with E-state index in [-0.39, 0.29) is 36.5 Å². The Kier molecular flexibility index (Phi) is 6.12. The summed E-state index contributed by atoms with van der Waals surface area (Å²) >= 11 is 14.3. The lowest BCUT2D eigenvalue weighted by atomic mass is 9.56. The zero-order valence-corrected chi connectivity index (χ0v) is 22.8. The van der Waals surface area contributed by atoms with Crippen LogP contribution in [0.3, 0.4) is 0 Å². The maximum Gasteiger partial charge on any atom is 0.258 e. The lowest BCUT2D eigenvalue weighted by molar-refractivity contribution is -0.140. The number of likely N-dealkylation sites (tertiary alicyclic amines) is 1. The molecule has 1 N–H and O–H groups in total. The molecule has 2 heterocycles. The van der Waals surface area contributed by atoms with Crippen LogP contribution in [0.4, 0.5) is 14.5 Å². The lowest BCUT2D eigenvalue weighted by Crippen LogP contribution is -2.60. The molecule has 1 saturated carbocycles. The van der Waals surface area contributed by atoms with E-state index in [1.807, 2.05) is 6.92 Å². The fourth-order valence-electron chi connectivity index (χ4n) is 7.02. The minimum atomic E-state index is -2.24.